The summed E-state index contributed by atoms with van der Waals surface area (Å²) in [4.78, 5) is 0. The molecule has 0 saturated heterocycles. The fourth-order valence-corrected chi connectivity index (χ4v) is 9.99. The van der Waals surface area contributed by atoms with Gasteiger partial charge in [0.25, 0.3) is 0 Å². The highest BCUT2D eigenvalue weighted by molar-refractivity contribution is 7.08. The van der Waals surface area contributed by atoms with Gasteiger partial charge in [-0.2, -0.15) is 0 Å². The van der Waals surface area contributed by atoms with Gasteiger partial charge < -0.3 is 23.7 Å². The van der Waals surface area contributed by atoms with E-state index in [0.717, 1.165) is 61.2 Å². The molecule has 280 valence electrons. The summed E-state index contributed by atoms with van der Waals surface area (Å²) >= 11 is 3.24. The lowest BCUT2D eigenvalue weighted by atomic mass is 9.98. The van der Waals surface area contributed by atoms with Gasteiger partial charge in [0.05, 0.1) is 41.0 Å². The van der Waals surface area contributed by atoms with Crippen LogP contribution in [0, 0.1) is 20.8 Å². The molecule has 0 aliphatic rings. The van der Waals surface area contributed by atoms with Crippen molar-refractivity contribution < 1.29 is 14.6 Å². The van der Waals surface area contributed by atoms with Crippen molar-refractivity contribution >= 4 is 66.3 Å². The van der Waals surface area contributed by atoms with Crippen molar-refractivity contribution in [3.63, 3.8) is 0 Å². The summed E-state index contributed by atoms with van der Waals surface area (Å²) in [6, 6.07) is 42.7. The van der Waals surface area contributed by atoms with Crippen LogP contribution >= 0.6 is 22.7 Å². The molecule has 0 spiro atoms. The number of ether oxygens (including phenoxy) is 2. The summed E-state index contributed by atoms with van der Waals surface area (Å²) in [5, 5.41) is 25.1. The second kappa shape index (κ2) is 14.3. The first kappa shape index (κ1) is 35.2. The number of phenolic OH excluding ortho intramolecular Hbond substituents is 1. The Morgan fingerprint density at radius 2 is 0.877 bits per heavy atom. The fourth-order valence-electron chi connectivity index (χ4n) is 8.46. The van der Waals surface area contributed by atoms with Crippen LogP contribution in [0.2, 0.25) is 0 Å². The van der Waals surface area contributed by atoms with Crippen molar-refractivity contribution in [2.45, 2.75) is 27.2 Å². The molecule has 0 amide bonds. The van der Waals surface area contributed by atoms with E-state index in [1.165, 1.54) is 44.2 Å². The molecule has 0 aliphatic heterocycles. The van der Waals surface area contributed by atoms with Crippen molar-refractivity contribution in [1.29, 1.82) is 0 Å². The van der Waals surface area contributed by atoms with E-state index in [9.17, 15) is 5.11 Å². The smallest absolute Gasteiger partial charge is 0.147 e. The zero-order valence-electron chi connectivity index (χ0n) is 32.0. The average Bonchev–Trinajstić information content (AvgIpc) is 4.03. The van der Waals surface area contributed by atoms with Crippen LogP contribution in [0.15, 0.2) is 143 Å². The Hall–Kier alpha value is -6.28. The van der Waals surface area contributed by atoms with Crippen molar-refractivity contribution in [3.8, 4) is 50.9 Å². The lowest BCUT2D eigenvalue weighted by molar-refractivity contribution is 0.249. The third kappa shape index (κ3) is 5.97. The highest BCUT2D eigenvalue weighted by Crippen LogP contribution is 2.45. The van der Waals surface area contributed by atoms with E-state index in [1.54, 1.807) is 22.7 Å². The van der Waals surface area contributed by atoms with E-state index in [4.69, 9.17) is 9.47 Å². The maximum absolute atomic E-state index is 11.9. The summed E-state index contributed by atoms with van der Waals surface area (Å²) in [7, 11) is 0. The van der Waals surface area contributed by atoms with Gasteiger partial charge in [-0.15, -0.1) is 22.7 Å². The molecule has 7 heteroatoms. The van der Waals surface area contributed by atoms with Crippen LogP contribution in [0.4, 0.5) is 0 Å². The van der Waals surface area contributed by atoms with Crippen LogP contribution in [0.25, 0.3) is 77.2 Å². The normalized spacial score (nSPS) is 11.7. The number of thiophene rings is 2. The number of rotatable bonds is 10. The highest BCUT2D eigenvalue weighted by Gasteiger charge is 2.21. The Bertz CT molecular complexity index is 2810. The lowest BCUT2D eigenvalue weighted by Gasteiger charge is -2.17. The molecular weight excluding hydrogens is 741 g/mol. The van der Waals surface area contributed by atoms with Crippen LogP contribution in [-0.4, -0.2) is 27.5 Å². The van der Waals surface area contributed by atoms with Crippen molar-refractivity contribution in [2.75, 3.05) is 13.2 Å². The van der Waals surface area contributed by atoms with Crippen molar-refractivity contribution in [2.24, 2.45) is 0 Å². The van der Waals surface area contributed by atoms with Crippen LogP contribution in [0.3, 0.4) is 0 Å². The SMILES string of the molecule is Cc1cc(-c2cscc2OCCCOc2cscc2-c2cc(C)cc(-n3c4ccccc4c4ccccc43)c2O)c(C)c(-n2c3ccccc3c3ccccc32)c1. The fraction of sp³-hybridized carbons (Fsp3) is 0.120. The molecule has 0 aliphatic carbocycles. The first-order valence-electron chi connectivity index (χ1n) is 19.3. The zero-order valence-corrected chi connectivity index (χ0v) is 33.6. The molecule has 6 aromatic carbocycles. The average molecular weight is 781 g/mol. The monoisotopic (exact) mass is 780 g/mol. The molecule has 0 saturated carbocycles. The van der Waals surface area contributed by atoms with E-state index in [1.807, 2.05) is 23.6 Å². The van der Waals surface area contributed by atoms with Crippen molar-refractivity contribution in [1.82, 2.24) is 9.13 Å². The molecule has 1 N–H and O–H groups in total. The number of phenols is 1. The predicted octanol–water partition coefficient (Wildman–Crippen LogP) is 13.8. The molecule has 0 bridgehead atoms. The Morgan fingerprint density at radius 3 is 1.37 bits per heavy atom. The van der Waals surface area contributed by atoms with Gasteiger partial charge in [0.1, 0.15) is 17.2 Å². The van der Waals surface area contributed by atoms with Gasteiger partial charge >= 0.3 is 0 Å². The van der Waals surface area contributed by atoms with E-state index in [-0.39, 0.29) is 5.75 Å². The van der Waals surface area contributed by atoms with Gasteiger partial charge in [-0.05, 0) is 85.5 Å². The molecule has 0 unspecified atom stereocenters. The molecular formula is C50H40N2O3S2. The van der Waals surface area contributed by atoms with E-state index >= 15 is 0 Å². The topological polar surface area (TPSA) is 48.6 Å². The predicted molar refractivity (Wildman–Crippen MR) is 240 cm³/mol. The number of aromatic nitrogens is 2. The van der Waals surface area contributed by atoms with Gasteiger partial charge in [0.2, 0.25) is 0 Å². The number of hydrogen-bond donors (Lipinski definition) is 1. The molecule has 57 heavy (non-hydrogen) atoms. The van der Waals surface area contributed by atoms with Gasteiger partial charge in [-0.1, -0.05) is 78.9 Å². The van der Waals surface area contributed by atoms with E-state index < -0.39 is 0 Å². The van der Waals surface area contributed by atoms with Crippen LogP contribution < -0.4 is 9.47 Å². The second-order valence-corrected chi connectivity index (χ2v) is 16.2. The number of nitrogens with zero attached hydrogens (tertiary/aromatic N) is 2. The summed E-state index contributed by atoms with van der Waals surface area (Å²) in [6.07, 6.45) is 0.705. The summed E-state index contributed by atoms with van der Waals surface area (Å²) in [5.41, 5.74) is 13.9. The second-order valence-electron chi connectivity index (χ2n) is 14.7. The molecule has 0 radical (unpaired) electrons. The molecule has 4 heterocycles. The van der Waals surface area contributed by atoms with E-state index in [2.05, 4.69) is 149 Å². The minimum Gasteiger partial charge on any atom is -0.505 e. The largest absolute Gasteiger partial charge is 0.505 e. The maximum Gasteiger partial charge on any atom is 0.147 e. The van der Waals surface area contributed by atoms with Gasteiger partial charge in [0, 0.05) is 71.9 Å². The van der Waals surface area contributed by atoms with Crippen LogP contribution in [0.5, 0.6) is 17.2 Å². The zero-order chi connectivity index (χ0) is 38.6. The van der Waals surface area contributed by atoms with Gasteiger partial charge in [0.15, 0.2) is 0 Å². The van der Waals surface area contributed by atoms with Gasteiger partial charge in [-0.3, -0.25) is 0 Å². The molecule has 0 fully saturated rings. The highest BCUT2D eigenvalue weighted by atomic mass is 32.1. The number of hydrogen-bond acceptors (Lipinski definition) is 5. The number of aryl methyl sites for hydroxylation is 2. The number of fused-ring (bicyclic) bond motifs is 6. The molecule has 10 rings (SSSR count). The molecule has 4 aromatic heterocycles. The molecule has 0 atom stereocenters. The first-order chi connectivity index (χ1) is 28.0. The Morgan fingerprint density at radius 1 is 0.474 bits per heavy atom. The minimum atomic E-state index is 0.233. The quantitative estimate of drug-likeness (QED) is 0.141. The number of aromatic hydroxyl groups is 1. The number of benzene rings is 6. The summed E-state index contributed by atoms with van der Waals surface area (Å²) < 4.78 is 17.5. The molecule has 5 nitrogen and oxygen atoms in total. The third-order valence-corrected chi connectivity index (χ3v) is 12.5. The van der Waals surface area contributed by atoms with Crippen LogP contribution in [-0.2, 0) is 0 Å². The standard InChI is InChI=1S/C50H40N2O3S2/c1-31-23-38(33(3)46(25-31)51-42-17-8-4-13-34(42)35-14-5-9-18-43(35)51)40-27-56-29-48(40)54-21-12-22-55-49-30-57-28-41(49)39-24-32(2)26-47(50(39)53)52-44-19-10-6-15-36(44)37-16-7-11-20-45(37)52/h4-11,13-20,23-30,53H,12,21-22H2,1-3H3. The lowest BCUT2D eigenvalue weighted by Crippen LogP contribution is -2.05. The van der Waals surface area contributed by atoms with Gasteiger partial charge in [-0.25, -0.2) is 0 Å². The minimum absolute atomic E-state index is 0.233. The summed E-state index contributed by atoms with van der Waals surface area (Å²) in [6.45, 7) is 7.47. The van der Waals surface area contributed by atoms with Crippen LogP contribution in [0.1, 0.15) is 23.1 Å². The Kier molecular flexibility index (Phi) is 8.84. The number of para-hydroxylation sites is 4. The Balaban J connectivity index is 0.881. The summed E-state index contributed by atoms with van der Waals surface area (Å²) in [5.74, 6) is 1.88. The third-order valence-electron chi connectivity index (χ3n) is 11.0. The Labute approximate surface area is 339 Å². The van der Waals surface area contributed by atoms with Crippen molar-refractivity contribution in [3.05, 3.63) is 160 Å². The maximum atomic E-state index is 11.9. The van der Waals surface area contributed by atoms with E-state index in [0.29, 0.717) is 19.6 Å². The first-order valence-corrected chi connectivity index (χ1v) is 21.2. The molecule has 10 aromatic rings.